The van der Waals surface area contributed by atoms with Gasteiger partial charge in [-0.15, -0.1) is 0 Å². The number of primary amides is 1. The fourth-order valence-electron chi connectivity index (χ4n) is 2.78. The highest BCUT2D eigenvalue weighted by Crippen LogP contribution is 2.52. The van der Waals surface area contributed by atoms with E-state index in [0.29, 0.717) is 5.57 Å². The van der Waals surface area contributed by atoms with Gasteiger partial charge in [0, 0.05) is 0 Å². The van der Waals surface area contributed by atoms with Crippen molar-refractivity contribution in [3.63, 3.8) is 0 Å². The first kappa shape index (κ1) is 10.2. The van der Waals surface area contributed by atoms with Crippen molar-refractivity contribution in [3.8, 4) is 0 Å². The Morgan fingerprint density at radius 1 is 1.35 bits per heavy atom. The molecule has 0 spiro atoms. The van der Waals surface area contributed by atoms with Crippen LogP contribution in [0.2, 0.25) is 0 Å². The lowest BCUT2D eigenvalue weighted by atomic mass is 9.82. The standard InChI is InChI=1S/C11H10N2O4/c1-10-2-3-11(17-10,4-5(12)14)7-6(10)8(15)13-9(7)16/h2-3H,4H2,1H3,(H2,12,14)(H,13,15,16). The molecule has 0 aromatic heterocycles. The van der Waals surface area contributed by atoms with E-state index in [1.807, 2.05) is 0 Å². The maximum absolute atomic E-state index is 11.7. The number of fused-ring (bicyclic) bond motifs is 4. The molecule has 3 N–H and O–H groups in total. The maximum atomic E-state index is 11.7. The van der Waals surface area contributed by atoms with Gasteiger partial charge in [0.2, 0.25) is 5.91 Å². The van der Waals surface area contributed by atoms with E-state index in [-0.39, 0.29) is 12.0 Å². The predicted molar refractivity (Wildman–Crippen MR) is 55.3 cm³/mol. The molecule has 0 aromatic rings. The summed E-state index contributed by atoms with van der Waals surface area (Å²) < 4.78 is 5.70. The molecule has 3 aliphatic heterocycles. The minimum atomic E-state index is -1.16. The molecule has 0 radical (unpaired) electrons. The number of amides is 3. The van der Waals surface area contributed by atoms with E-state index in [9.17, 15) is 14.4 Å². The van der Waals surface area contributed by atoms with Crippen LogP contribution in [0.3, 0.4) is 0 Å². The first-order valence-corrected chi connectivity index (χ1v) is 5.18. The molecular formula is C11H10N2O4. The number of ether oxygens (including phenoxy) is 1. The molecule has 2 atom stereocenters. The Morgan fingerprint density at radius 2 is 2.00 bits per heavy atom. The Balaban J connectivity index is 2.18. The van der Waals surface area contributed by atoms with Crippen molar-refractivity contribution in [2.24, 2.45) is 5.73 Å². The lowest BCUT2D eigenvalue weighted by Gasteiger charge is -2.25. The predicted octanol–water partition coefficient (Wildman–Crippen LogP) is -1.09. The summed E-state index contributed by atoms with van der Waals surface area (Å²) in [5.41, 5.74) is 3.60. The van der Waals surface area contributed by atoms with Gasteiger partial charge in [-0.3, -0.25) is 19.7 Å². The van der Waals surface area contributed by atoms with Crippen LogP contribution in [0.15, 0.2) is 23.3 Å². The average molecular weight is 234 g/mol. The third-order valence-electron chi connectivity index (χ3n) is 3.35. The van der Waals surface area contributed by atoms with Crippen LogP contribution in [-0.4, -0.2) is 28.9 Å². The van der Waals surface area contributed by atoms with Crippen molar-refractivity contribution < 1.29 is 19.1 Å². The zero-order valence-corrected chi connectivity index (χ0v) is 9.07. The highest BCUT2D eigenvalue weighted by Gasteiger charge is 2.62. The van der Waals surface area contributed by atoms with Crippen LogP contribution in [0.1, 0.15) is 13.3 Å². The minimum Gasteiger partial charge on any atom is -0.370 e. The third kappa shape index (κ3) is 1.05. The van der Waals surface area contributed by atoms with E-state index < -0.39 is 28.9 Å². The zero-order valence-electron chi connectivity index (χ0n) is 9.07. The number of carbonyl (C=O) groups excluding carboxylic acids is 3. The Kier molecular flexibility index (Phi) is 1.59. The molecule has 3 rings (SSSR count). The average Bonchev–Trinajstić information content (AvgIpc) is 2.74. The molecule has 3 aliphatic rings. The summed E-state index contributed by atoms with van der Waals surface area (Å²) in [6.45, 7) is 1.69. The van der Waals surface area contributed by atoms with Gasteiger partial charge in [-0.25, -0.2) is 0 Å². The van der Waals surface area contributed by atoms with E-state index in [1.165, 1.54) is 0 Å². The Hall–Kier alpha value is -1.95. The molecule has 0 aromatic carbocycles. The lowest BCUT2D eigenvalue weighted by Crippen LogP contribution is -2.40. The molecule has 0 aliphatic carbocycles. The zero-order chi connectivity index (χ0) is 12.4. The summed E-state index contributed by atoms with van der Waals surface area (Å²) in [6.07, 6.45) is 3.18. The summed E-state index contributed by atoms with van der Waals surface area (Å²) in [7, 11) is 0. The van der Waals surface area contributed by atoms with E-state index in [2.05, 4.69) is 5.32 Å². The molecule has 0 fully saturated rings. The van der Waals surface area contributed by atoms with Gasteiger partial charge in [0.1, 0.15) is 11.2 Å². The second-order valence-electron chi connectivity index (χ2n) is 4.61. The number of nitrogens with one attached hydrogen (secondary N) is 1. The topological polar surface area (TPSA) is 98.5 Å². The van der Waals surface area contributed by atoms with E-state index in [4.69, 9.17) is 10.5 Å². The molecule has 88 valence electrons. The number of carbonyl (C=O) groups is 3. The largest absolute Gasteiger partial charge is 0.370 e. The molecule has 3 amide bonds. The second-order valence-corrected chi connectivity index (χ2v) is 4.61. The summed E-state index contributed by atoms with van der Waals surface area (Å²) in [5, 5.41) is 2.22. The lowest BCUT2D eigenvalue weighted by molar-refractivity contribution is -0.129. The summed E-state index contributed by atoms with van der Waals surface area (Å²) in [4.78, 5) is 34.5. The van der Waals surface area contributed by atoms with Crippen LogP contribution >= 0.6 is 0 Å². The number of imide groups is 1. The molecule has 17 heavy (non-hydrogen) atoms. The first-order valence-electron chi connectivity index (χ1n) is 5.18. The molecule has 3 heterocycles. The van der Waals surface area contributed by atoms with Gasteiger partial charge in [-0.05, 0) is 19.1 Å². The number of nitrogens with two attached hydrogens (primary N) is 1. The summed E-state index contributed by atoms with van der Waals surface area (Å²) >= 11 is 0. The molecule has 2 unspecified atom stereocenters. The fraction of sp³-hybridized carbons (Fsp3) is 0.364. The molecule has 2 bridgehead atoms. The quantitative estimate of drug-likeness (QED) is 0.468. The number of hydrogen-bond donors (Lipinski definition) is 2. The Morgan fingerprint density at radius 3 is 2.65 bits per heavy atom. The number of hydrogen-bond acceptors (Lipinski definition) is 4. The summed E-state index contributed by atoms with van der Waals surface area (Å²) in [5.74, 6) is -1.54. The van der Waals surface area contributed by atoms with Crippen LogP contribution in [0.25, 0.3) is 0 Å². The summed E-state index contributed by atoms with van der Waals surface area (Å²) in [6, 6.07) is 0. The van der Waals surface area contributed by atoms with Crippen molar-refractivity contribution in [1.82, 2.24) is 5.32 Å². The normalized spacial score (nSPS) is 37.7. The fourth-order valence-corrected chi connectivity index (χ4v) is 2.78. The maximum Gasteiger partial charge on any atom is 0.257 e. The molecule has 6 heteroatoms. The van der Waals surface area contributed by atoms with Crippen LogP contribution in [0.4, 0.5) is 0 Å². The minimum absolute atomic E-state index is 0.140. The number of rotatable bonds is 2. The Labute approximate surface area is 96.5 Å². The third-order valence-corrected chi connectivity index (χ3v) is 3.35. The Bertz CT molecular complexity index is 548. The van der Waals surface area contributed by atoms with Gasteiger partial charge in [0.05, 0.1) is 17.6 Å². The molecule has 6 nitrogen and oxygen atoms in total. The van der Waals surface area contributed by atoms with Crippen molar-refractivity contribution >= 4 is 17.7 Å². The van der Waals surface area contributed by atoms with Gasteiger partial charge in [-0.1, -0.05) is 0 Å². The molecule has 0 saturated carbocycles. The van der Waals surface area contributed by atoms with Crippen molar-refractivity contribution in [3.05, 3.63) is 23.3 Å². The first-order chi connectivity index (χ1) is 7.88. The van der Waals surface area contributed by atoms with Crippen LogP contribution in [-0.2, 0) is 19.1 Å². The van der Waals surface area contributed by atoms with Gasteiger partial charge < -0.3 is 10.5 Å². The van der Waals surface area contributed by atoms with E-state index >= 15 is 0 Å². The van der Waals surface area contributed by atoms with E-state index in [1.54, 1.807) is 19.1 Å². The highest BCUT2D eigenvalue weighted by molar-refractivity contribution is 6.23. The van der Waals surface area contributed by atoms with Crippen LogP contribution in [0.5, 0.6) is 0 Å². The van der Waals surface area contributed by atoms with Crippen LogP contribution in [0, 0.1) is 0 Å². The van der Waals surface area contributed by atoms with E-state index in [0.717, 1.165) is 0 Å². The monoisotopic (exact) mass is 234 g/mol. The SMILES string of the molecule is CC12C=CC(CC(N)=O)(O1)C1=C2C(=O)NC1=O. The van der Waals surface area contributed by atoms with Gasteiger partial charge in [0.25, 0.3) is 11.8 Å². The molecule has 0 saturated heterocycles. The van der Waals surface area contributed by atoms with Crippen molar-refractivity contribution in [2.45, 2.75) is 24.5 Å². The highest BCUT2D eigenvalue weighted by atomic mass is 16.5. The van der Waals surface area contributed by atoms with Crippen molar-refractivity contribution in [1.29, 1.82) is 0 Å². The van der Waals surface area contributed by atoms with Gasteiger partial charge in [0.15, 0.2) is 0 Å². The smallest absolute Gasteiger partial charge is 0.257 e. The van der Waals surface area contributed by atoms with Gasteiger partial charge in [-0.2, -0.15) is 0 Å². The second kappa shape index (κ2) is 2.65. The van der Waals surface area contributed by atoms with Gasteiger partial charge >= 0.3 is 0 Å². The van der Waals surface area contributed by atoms with Crippen molar-refractivity contribution in [2.75, 3.05) is 0 Å². The van der Waals surface area contributed by atoms with Crippen LogP contribution < -0.4 is 11.1 Å². The molecular weight excluding hydrogens is 224 g/mol.